The highest BCUT2D eigenvalue weighted by Crippen LogP contribution is 2.18. The van der Waals surface area contributed by atoms with Crippen LogP contribution in [0.25, 0.3) is 0 Å². The van der Waals surface area contributed by atoms with Crippen molar-refractivity contribution in [1.29, 1.82) is 5.26 Å². The lowest BCUT2D eigenvalue weighted by molar-refractivity contribution is 0.0515. The topological polar surface area (TPSA) is 79.1 Å². The van der Waals surface area contributed by atoms with Gasteiger partial charge in [0.25, 0.3) is 5.91 Å². The summed E-state index contributed by atoms with van der Waals surface area (Å²) in [4.78, 5) is 22.6. The Morgan fingerprint density at radius 2 is 2.00 bits per heavy atom. The summed E-state index contributed by atoms with van der Waals surface area (Å²) in [7, 11) is 0. The van der Waals surface area contributed by atoms with Crippen LogP contribution in [-0.2, 0) is 0 Å². The van der Waals surface area contributed by atoms with Gasteiger partial charge >= 0.3 is 6.01 Å². The van der Waals surface area contributed by atoms with Crippen LogP contribution in [0.3, 0.4) is 0 Å². The smallest absolute Gasteiger partial charge is 0.316 e. The van der Waals surface area contributed by atoms with Gasteiger partial charge in [-0.1, -0.05) is 0 Å². The third-order valence-corrected chi connectivity index (χ3v) is 4.20. The number of amides is 1. The molecule has 0 radical (unpaired) electrons. The molecule has 0 saturated carbocycles. The lowest BCUT2D eigenvalue weighted by Crippen LogP contribution is -2.44. The van der Waals surface area contributed by atoms with Crippen molar-refractivity contribution >= 4 is 21.8 Å². The number of rotatable bonds is 3. The standard InChI is InChI=1S/C17H15BrN4O2/c18-14-9-20-17(21-10-14)24-15-2-1-7-22(11-15)16(23)13-5-3-12(8-19)4-6-13/h3-6,9-10,15H,1-2,7,11H2. The number of benzene rings is 1. The normalized spacial score (nSPS) is 17.2. The zero-order valence-electron chi connectivity index (χ0n) is 12.9. The minimum Gasteiger partial charge on any atom is -0.458 e. The summed E-state index contributed by atoms with van der Waals surface area (Å²) in [6.07, 6.45) is 4.86. The summed E-state index contributed by atoms with van der Waals surface area (Å²) < 4.78 is 6.57. The first kappa shape index (κ1) is 16.4. The number of hydrogen-bond donors (Lipinski definition) is 0. The van der Waals surface area contributed by atoms with Gasteiger partial charge in [0.05, 0.1) is 22.7 Å². The maximum absolute atomic E-state index is 12.6. The van der Waals surface area contributed by atoms with E-state index in [4.69, 9.17) is 10.00 Å². The Hall–Kier alpha value is -2.46. The van der Waals surface area contributed by atoms with E-state index in [9.17, 15) is 4.79 Å². The molecule has 6 nitrogen and oxygen atoms in total. The van der Waals surface area contributed by atoms with Crippen LogP contribution in [0, 0.1) is 11.3 Å². The number of piperidine rings is 1. The summed E-state index contributed by atoms with van der Waals surface area (Å²) in [5.41, 5.74) is 1.12. The number of nitriles is 1. The molecule has 7 heteroatoms. The minimum atomic E-state index is -0.123. The van der Waals surface area contributed by atoms with Crippen LogP contribution < -0.4 is 4.74 Å². The van der Waals surface area contributed by atoms with Crippen molar-refractivity contribution in [3.63, 3.8) is 0 Å². The molecule has 1 aliphatic rings. The highest BCUT2D eigenvalue weighted by Gasteiger charge is 2.26. The number of carbonyl (C=O) groups is 1. The molecule has 24 heavy (non-hydrogen) atoms. The fourth-order valence-corrected chi connectivity index (χ4v) is 2.80. The Kier molecular flexibility index (Phi) is 5.06. The zero-order valence-corrected chi connectivity index (χ0v) is 14.4. The Balaban J connectivity index is 1.65. The quantitative estimate of drug-likeness (QED) is 0.809. The van der Waals surface area contributed by atoms with E-state index in [0.717, 1.165) is 17.3 Å². The van der Waals surface area contributed by atoms with Crippen LogP contribution in [0.1, 0.15) is 28.8 Å². The van der Waals surface area contributed by atoms with Gasteiger partial charge in [-0.2, -0.15) is 5.26 Å². The molecule has 3 rings (SSSR count). The SMILES string of the molecule is N#Cc1ccc(C(=O)N2CCCC(Oc3ncc(Br)cn3)C2)cc1. The van der Waals surface area contributed by atoms with E-state index in [2.05, 4.69) is 25.9 Å². The van der Waals surface area contributed by atoms with E-state index in [1.54, 1.807) is 41.6 Å². The summed E-state index contributed by atoms with van der Waals surface area (Å²) >= 11 is 3.28. The first-order chi connectivity index (χ1) is 11.7. The predicted molar refractivity (Wildman–Crippen MR) is 90.4 cm³/mol. The lowest BCUT2D eigenvalue weighted by atomic mass is 10.1. The summed E-state index contributed by atoms with van der Waals surface area (Å²) in [5.74, 6) is -0.0514. The van der Waals surface area contributed by atoms with E-state index < -0.39 is 0 Å². The van der Waals surface area contributed by atoms with Crippen molar-refractivity contribution in [2.75, 3.05) is 13.1 Å². The Morgan fingerprint density at radius 3 is 2.67 bits per heavy atom. The van der Waals surface area contributed by atoms with E-state index >= 15 is 0 Å². The van der Waals surface area contributed by atoms with Crippen molar-refractivity contribution in [2.24, 2.45) is 0 Å². The van der Waals surface area contributed by atoms with E-state index in [0.29, 0.717) is 30.2 Å². The maximum atomic E-state index is 12.6. The fraction of sp³-hybridized carbons (Fsp3) is 0.294. The first-order valence-electron chi connectivity index (χ1n) is 7.59. The molecule has 1 aromatic heterocycles. The third-order valence-electron chi connectivity index (χ3n) is 3.80. The molecular weight excluding hydrogens is 372 g/mol. The van der Waals surface area contributed by atoms with E-state index in [1.165, 1.54) is 0 Å². The molecule has 1 atom stereocenters. The molecule has 1 amide bonds. The van der Waals surface area contributed by atoms with Crippen molar-refractivity contribution < 1.29 is 9.53 Å². The van der Waals surface area contributed by atoms with Crippen LogP contribution >= 0.6 is 15.9 Å². The van der Waals surface area contributed by atoms with Crippen molar-refractivity contribution in [3.05, 3.63) is 52.3 Å². The van der Waals surface area contributed by atoms with Crippen LogP contribution in [0.2, 0.25) is 0 Å². The van der Waals surface area contributed by atoms with E-state index in [1.807, 2.05) is 6.07 Å². The maximum Gasteiger partial charge on any atom is 0.316 e. The molecular formula is C17H15BrN4O2. The van der Waals surface area contributed by atoms with Crippen LogP contribution in [0.15, 0.2) is 41.1 Å². The zero-order chi connectivity index (χ0) is 16.9. The minimum absolute atomic E-state index is 0.0514. The number of carbonyl (C=O) groups excluding carboxylic acids is 1. The molecule has 1 saturated heterocycles. The van der Waals surface area contributed by atoms with Crippen molar-refractivity contribution in [3.8, 4) is 12.1 Å². The van der Waals surface area contributed by atoms with Crippen LogP contribution in [0.5, 0.6) is 6.01 Å². The molecule has 1 fully saturated rings. The summed E-state index contributed by atoms with van der Waals surface area (Å²) in [6.45, 7) is 1.19. The van der Waals surface area contributed by atoms with Gasteiger partial charge in [-0.05, 0) is 53.0 Å². The summed E-state index contributed by atoms with van der Waals surface area (Å²) in [5, 5.41) is 8.83. The molecule has 0 bridgehead atoms. The number of halogens is 1. The van der Waals surface area contributed by atoms with Gasteiger partial charge < -0.3 is 9.64 Å². The molecule has 1 unspecified atom stereocenters. The van der Waals surface area contributed by atoms with Gasteiger partial charge in [0.15, 0.2) is 0 Å². The first-order valence-corrected chi connectivity index (χ1v) is 8.38. The Morgan fingerprint density at radius 1 is 1.29 bits per heavy atom. The lowest BCUT2D eigenvalue weighted by Gasteiger charge is -2.32. The highest BCUT2D eigenvalue weighted by molar-refractivity contribution is 9.10. The molecule has 122 valence electrons. The molecule has 1 aliphatic heterocycles. The predicted octanol–water partition coefficient (Wildman–Crippen LogP) is 2.79. The molecule has 0 aliphatic carbocycles. The second-order valence-corrected chi connectivity index (χ2v) is 6.42. The van der Waals surface area contributed by atoms with Crippen LogP contribution in [0.4, 0.5) is 0 Å². The van der Waals surface area contributed by atoms with Gasteiger partial charge in [-0.15, -0.1) is 0 Å². The number of likely N-dealkylation sites (tertiary alicyclic amines) is 1. The average molecular weight is 387 g/mol. The van der Waals surface area contributed by atoms with Crippen molar-refractivity contribution in [1.82, 2.24) is 14.9 Å². The Bertz CT molecular complexity index is 756. The third kappa shape index (κ3) is 3.89. The fourth-order valence-electron chi connectivity index (χ4n) is 2.60. The number of ether oxygens (including phenoxy) is 1. The van der Waals surface area contributed by atoms with Gasteiger partial charge in [0.2, 0.25) is 0 Å². The average Bonchev–Trinajstić information content (AvgIpc) is 2.63. The number of aromatic nitrogens is 2. The number of nitrogens with zero attached hydrogens (tertiary/aromatic N) is 4. The molecule has 2 heterocycles. The van der Waals surface area contributed by atoms with Crippen LogP contribution in [-0.4, -0.2) is 40.0 Å². The van der Waals surface area contributed by atoms with Gasteiger partial charge in [-0.3, -0.25) is 4.79 Å². The molecule has 2 aromatic rings. The van der Waals surface area contributed by atoms with Gasteiger partial charge in [-0.25, -0.2) is 9.97 Å². The number of hydrogen-bond acceptors (Lipinski definition) is 5. The van der Waals surface area contributed by atoms with Gasteiger partial charge in [0.1, 0.15) is 6.10 Å². The second-order valence-electron chi connectivity index (χ2n) is 5.51. The Labute approximate surface area is 148 Å². The van der Waals surface area contributed by atoms with Crippen molar-refractivity contribution in [2.45, 2.75) is 18.9 Å². The second kappa shape index (κ2) is 7.41. The molecule has 1 aromatic carbocycles. The molecule has 0 spiro atoms. The van der Waals surface area contributed by atoms with Gasteiger partial charge in [0, 0.05) is 24.5 Å². The van der Waals surface area contributed by atoms with E-state index in [-0.39, 0.29) is 12.0 Å². The monoisotopic (exact) mass is 386 g/mol. The highest BCUT2D eigenvalue weighted by atomic mass is 79.9. The largest absolute Gasteiger partial charge is 0.458 e. The summed E-state index contributed by atoms with van der Waals surface area (Å²) in [6, 6.07) is 9.04. The molecule has 0 N–H and O–H groups in total.